The molecule has 75 valence electrons. The molecule has 0 aliphatic heterocycles. The van der Waals surface area contributed by atoms with Gasteiger partial charge in [0, 0.05) is 0 Å². The maximum atomic E-state index is 9.80. The molecule has 0 aromatic heterocycles. The van der Waals surface area contributed by atoms with Crippen LogP contribution < -0.4 is 0 Å². The molecule has 1 heteroatoms. The van der Waals surface area contributed by atoms with Crippen molar-refractivity contribution in [1.82, 2.24) is 0 Å². The second-order valence-corrected chi connectivity index (χ2v) is 3.43. The first-order valence-electron chi connectivity index (χ1n) is 5.44. The van der Waals surface area contributed by atoms with E-state index in [0.29, 0.717) is 0 Å². The molecular weight excluding hydrogens is 160 g/mol. The Balaban J connectivity index is 2.91. The Morgan fingerprint density at radius 3 is 2.23 bits per heavy atom. The van der Waals surface area contributed by atoms with Crippen molar-refractivity contribution in [3.05, 3.63) is 12.2 Å². The van der Waals surface area contributed by atoms with Gasteiger partial charge in [-0.2, -0.15) is 0 Å². The SMILES string of the molecule is CCCCCCCCC/C=C/[C]=O. The van der Waals surface area contributed by atoms with Crippen molar-refractivity contribution in [2.45, 2.75) is 58.3 Å². The van der Waals surface area contributed by atoms with Crippen LogP contribution in [0.15, 0.2) is 12.2 Å². The number of hydrogen-bond donors (Lipinski definition) is 0. The van der Waals surface area contributed by atoms with Gasteiger partial charge >= 0.3 is 0 Å². The molecule has 0 spiro atoms. The van der Waals surface area contributed by atoms with Crippen LogP contribution in [0, 0.1) is 0 Å². The minimum Gasteiger partial charge on any atom is -0.286 e. The number of carbonyl (C=O) groups excluding carboxylic acids is 1. The Labute approximate surface area is 82.2 Å². The van der Waals surface area contributed by atoms with Crippen molar-refractivity contribution >= 4 is 6.29 Å². The van der Waals surface area contributed by atoms with Crippen LogP contribution in [-0.2, 0) is 4.79 Å². The quantitative estimate of drug-likeness (QED) is 0.390. The van der Waals surface area contributed by atoms with Crippen LogP contribution in [0.25, 0.3) is 0 Å². The number of hydrogen-bond acceptors (Lipinski definition) is 1. The van der Waals surface area contributed by atoms with Crippen LogP contribution in [0.2, 0.25) is 0 Å². The molecule has 0 amide bonds. The van der Waals surface area contributed by atoms with Crippen molar-refractivity contribution in [2.24, 2.45) is 0 Å². The Hall–Kier alpha value is -0.590. The molecule has 0 unspecified atom stereocenters. The zero-order valence-electron chi connectivity index (χ0n) is 8.72. The van der Waals surface area contributed by atoms with Gasteiger partial charge < -0.3 is 0 Å². The molecule has 1 radical (unpaired) electrons. The molecule has 0 bridgehead atoms. The maximum absolute atomic E-state index is 9.80. The van der Waals surface area contributed by atoms with E-state index in [-0.39, 0.29) is 0 Å². The lowest BCUT2D eigenvalue weighted by Crippen LogP contribution is -1.78. The summed E-state index contributed by atoms with van der Waals surface area (Å²) in [5.74, 6) is 0. The first-order valence-corrected chi connectivity index (χ1v) is 5.44. The Kier molecular flexibility index (Phi) is 10.9. The van der Waals surface area contributed by atoms with E-state index in [2.05, 4.69) is 6.92 Å². The minimum atomic E-state index is 1.03. The second-order valence-electron chi connectivity index (χ2n) is 3.43. The fourth-order valence-electron chi connectivity index (χ4n) is 1.35. The van der Waals surface area contributed by atoms with Gasteiger partial charge in [-0.05, 0) is 18.9 Å². The lowest BCUT2D eigenvalue weighted by molar-refractivity contribution is 0.564. The average molecular weight is 181 g/mol. The standard InChI is InChI=1S/C12H21O/c1-2-3-4-5-6-7-8-9-10-11-12-13/h10-11H,2-9H2,1H3/b11-10+. The third-order valence-corrected chi connectivity index (χ3v) is 2.16. The van der Waals surface area contributed by atoms with Gasteiger partial charge in [-0.15, -0.1) is 0 Å². The van der Waals surface area contributed by atoms with Gasteiger partial charge in [0.2, 0.25) is 6.29 Å². The molecule has 0 saturated heterocycles. The Bertz CT molecular complexity index is 127. The fourth-order valence-corrected chi connectivity index (χ4v) is 1.35. The summed E-state index contributed by atoms with van der Waals surface area (Å²) in [5, 5.41) is 0. The number of rotatable bonds is 9. The summed E-state index contributed by atoms with van der Waals surface area (Å²) in [5.41, 5.74) is 0. The second kappa shape index (κ2) is 11.4. The van der Waals surface area contributed by atoms with Gasteiger partial charge in [0.05, 0.1) is 0 Å². The number of allylic oxidation sites excluding steroid dienone is 2. The fraction of sp³-hybridized carbons (Fsp3) is 0.750. The topological polar surface area (TPSA) is 17.1 Å². The zero-order valence-corrected chi connectivity index (χ0v) is 8.72. The lowest BCUT2D eigenvalue weighted by atomic mass is 10.1. The van der Waals surface area contributed by atoms with Crippen molar-refractivity contribution in [2.75, 3.05) is 0 Å². The summed E-state index contributed by atoms with van der Waals surface area (Å²) in [6.07, 6.45) is 15.5. The molecule has 1 nitrogen and oxygen atoms in total. The van der Waals surface area contributed by atoms with Crippen LogP contribution in [0.1, 0.15) is 58.3 Å². The van der Waals surface area contributed by atoms with E-state index >= 15 is 0 Å². The molecule has 0 aliphatic carbocycles. The van der Waals surface area contributed by atoms with Gasteiger partial charge in [0.15, 0.2) is 0 Å². The first-order chi connectivity index (χ1) is 6.41. The summed E-state index contributed by atoms with van der Waals surface area (Å²) >= 11 is 0. The predicted octanol–water partition coefficient (Wildman–Crippen LogP) is 3.79. The van der Waals surface area contributed by atoms with Gasteiger partial charge in [-0.3, -0.25) is 4.79 Å². The molecule has 0 aromatic carbocycles. The predicted molar refractivity (Wildman–Crippen MR) is 57.4 cm³/mol. The third kappa shape index (κ3) is 11.4. The monoisotopic (exact) mass is 181 g/mol. The smallest absolute Gasteiger partial charge is 0.225 e. The molecule has 0 N–H and O–H groups in total. The third-order valence-electron chi connectivity index (χ3n) is 2.16. The van der Waals surface area contributed by atoms with E-state index in [4.69, 9.17) is 0 Å². The summed E-state index contributed by atoms with van der Waals surface area (Å²) < 4.78 is 0. The van der Waals surface area contributed by atoms with Crippen LogP contribution in [-0.4, -0.2) is 6.29 Å². The highest BCUT2D eigenvalue weighted by molar-refractivity contribution is 5.65. The molecule has 0 rings (SSSR count). The highest BCUT2D eigenvalue weighted by atomic mass is 16.1. The molecule has 0 fully saturated rings. The Morgan fingerprint density at radius 2 is 1.62 bits per heavy atom. The minimum absolute atomic E-state index is 1.03. The van der Waals surface area contributed by atoms with Crippen LogP contribution in [0.5, 0.6) is 0 Å². The van der Waals surface area contributed by atoms with Gasteiger partial charge in [-0.25, -0.2) is 0 Å². The zero-order chi connectivity index (χ0) is 9.78. The first kappa shape index (κ1) is 12.4. The molecule has 0 aromatic rings. The largest absolute Gasteiger partial charge is 0.286 e. The van der Waals surface area contributed by atoms with Gasteiger partial charge in [0.1, 0.15) is 0 Å². The summed E-state index contributed by atoms with van der Waals surface area (Å²) in [6.45, 7) is 2.24. The van der Waals surface area contributed by atoms with E-state index in [1.165, 1.54) is 51.0 Å². The highest BCUT2D eigenvalue weighted by Crippen LogP contribution is 2.08. The Morgan fingerprint density at radius 1 is 1.00 bits per heavy atom. The van der Waals surface area contributed by atoms with Crippen molar-refractivity contribution in [3.63, 3.8) is 0 Å². The van der Waals surface area contributed by atoms with Crippen molar-refractivity contribution in [3.8, 4) is 0 Å². The molecule has 0 heterocycles. The molecule has 0 saturated carbocycles. The highest BCUT2D eigenvalue weighted by Gasteiger charge is 1.88. The molecule has 0 atom stereocenters. The van der Waals surface area contributed by atoms with Crippen molar-refractivity contribution in [1.29, 1.82) is 0 Å². The van der Waals surface area contributed by atoms with E-state index < -0.39 is 0 Å². The summed E-state index contributed by atoms with van der Waals surface area (Å²) in [7, 11) is 0. The van der Waals surface area contributed by atoms with Crippen molar-refractivity contribution < 1.29 is 4.79 Å². The number of unbranched alkanes of at least 4 members (excludes halogenated alkanes) is 7. The van der Waals surface area contributed by atoms with Gasteiger partial charge in [-0.1, -0.05) is 51.5 Å². The van der Waals surface area contributed by atoms with Crippen LogP contribution >= 0.6 is 0 Å². The summed E-state index contributed by atoms with van der Waals surface area (Å²) in [4.78, 5) is 9.80. The molecular formula is C12H21O. The van der Waals surface area contributed by atoms with Crippen LogP contribution in [0.4, 0.5) is 0 Å². The van der Waals surface area contributed by atoms with Crippen LogP contribution in [0.3, 0.4) is 0 Å². The lowest BCUT2D eigenvalue weighted by Gasteiger charge is -1.98. The molecule has 13 heavy (non-hydrogen) atoms. The van der Waals surface area contributed by atoms with E-state index in [1.54, 1.807) is 6.29 Å². The summed E-state index contributed by atoms with van der Waals surface area (Å²) in [6, 6.07) is 0. The van der Waals surface area contributed by atoms with Gasteiger partial charge in [0.25, 0.3) is 0 Å². The average Bonchev–Trinajstić information content (AvgIpc) is 2.16. The van der Waals surface area contributed by atoms with E-state index in [1.807, 2.05) is 6.08 Å². The molecule has 0 aliphatic rings. The maximum Gasteiger partial charge on any atom is 0.225 e. The normalized spacial score (nSPS) is 10.8. The van der Waals surface area contributed by atoms with E-state index in [9.17, 15) is 4.79 Å². The van der Waals surface area contributed by atoms with E-state index in [0.717, 1.165) is 6.42 Å².